The minimum absolute atomic E-state index is 0.0181. The molecular weight excluding hydrogens is 356 g/mol. The number of carbonyl (C=O) groups excluding carboxylic acids is 2. The van der Waals surface area contributed by atoms with Crippen molar-refractivity contribution in [2.45, 2.75) is 62.7 Å². The second-order valence-electron chi connectivity index (χ2n) is 9.35. The first-order valence-electron chi connectivity index (χ1n) is 10.5. The lowest BCUT2D eigenvalue weighted by molar-refractivity contribution is -0.156. The Balaban J connectivity index is 1.13. The van der Waals surface area contributed by atoms with Gasteiger partial charge in [0.25, 0.3) is 0 Å². The number of thioether (sulfide) groups is 1. The van der Waals surface area contributed by atoms with Crippen LogP contribution in [0.1, 0.15) is 56.1 Å². The van der Waals surface area contributed by atoms with E-state index >= 15 is 0 Å². The molecule has 6 rings (SSSR count). The molecule has 0 radical (unpaired) electrons. The average molecular weight is 385 g/mol. The van der Waals surface area contributed by atoms with Crippen LogP contribution in [0.5, 0.6) is 0 Å². The third kappa shape index (κ3) is 3.46. The molecule has 1 aromatic carbocycles. The van der Waals surface area contributed by atoms with Gasteiger partial charge in [0, 0.05) is 10.3 Å². The fourth-order valence-corrected chi connectivity index (χ4v) is 7.33. The Morgan fingerprint density at radius 3 is 2.37 bits per heavy atom. The summed E-state index contributed by atoms with van der Waals surface area (Å²) in [6.45, 7) is -0.0181. The van der Waals surface area contributed by atoms with Crippen LogP contribution >= 0.6 is 11.8 Å². The predicted octanol–water partition coefficient (Wildman–Crippen LogP) is 4.60. The predicted molar refractivity (Wildman–Crippen MR) is 106 cm³/mol. The van der Waals surface area contributed by atoms with Gasteiger partial charge in [-0.2, -0.15) is 0 Å². The fourth-order valence-electron chi connectivity index (χ4n) is 6.57. The number of hydrogen-bond donors (Lipinski definition) is 0. The van der Waals surface area contributed by atoms with Crippen molar-refractivity contribution in [1.82, 2.24) is 0 Å². The fraction of sp³-hybridized carbons (Fsp3) is 0.652. The highest BCUT2D eigenvalue weighted by atomic mass is 32.2. The van der Waals surface area contributed by atoms with Crippen LogP contribution in [0, 0.1) is 23.2 Å². The molecule has 4 bridgehead atoms. The number of Topliss-reactive ketones (excluding diaryl/α,β-unsaturated/α-hetero) is 1. The molecule has 0 N–H and O–H groups in total. The molecule has 0 atom stereocenters. The standard InChI is InChI=1S/C23H28O3S/c24-21(23-10-15-6-16(11-23)8-17(7-15)12-23)13-26-22(25)14-27-20-5-4-18-2-1-3-19(18)9-20/h4-5,9,15-17H,1-3,6-8,10-14H2. The van der Waals surface area contributed by atoms with Gasteiger partial charge in [0.05, 0.1) is 5.75 Å². The zero-order chi connectivity index (χ0) is 18.4. The van der Waals surface area contributed by atoms with Crippen LogP contribution < -0.4 is 0 Å². The van der Waals surface area contributed by atoms with Crippen molar-refractivity contribution in [2.24, 2.45) is 23.2 Å². The van der Waals surface area contributed by atoms with Gasteiger partial charge in [-0.3, -0.25) is 9.59 Å². The molecule has 0 aliphatic heterocycles. The van der Waals surface area contributed by atoms with E-state index in [1.165, 1.54) is 55.0 Å². The van der Waals surface area contributed by atoms with E-state index in [-0.39, 0.29) is 29.5 Å². The summed E-state index contributed by atoms with van der Waals surface area (Å²) >= 11 is 1.52. The lowest BCUT2D eigenvalue weighted by Crippen LogP contribution is -2.51. The molecule has 0 unspecified atom stereocenters. The summed E-state index contributed by atoms with van der Waals surface area (Å²) in [4.78, 5) is 26.2. The summed E-state index contributed by atoms with van der Waals surface area (Å²) in [5, 5.41) is 0. The van der Waals surface area contributed by atoms with E-state index in [2.05, 4.69) is 18.2 Å². The van der Waals surface area contributed by atoms with Crippen LogP contribution in [0.2, 0.25) is 0 Å². The van der Waals surface area contributed by atoms with Gasteiger partial charge in [0.2, 0.25) is 0 Å². The SMILES string of the molecule is O=C(CSc1ccc2c(c1)CCC2)OCC(=O)C12CC3CC(CC(C3)C1)C2. The summed E-state index contributed by atoms with van der Waals surface area (Å²) < 4.78 is 5.40. The first-order chi connectivity index (χ1) is 13.1. The Kier molecular flexibility index (Phi) is 4.58. The summed E-state index contributed by atoms with van der Waals surface area (Å²) in [5.41, 5.74) is 2.70. The van der Waals surface area contributed by atoms with Crippen LogP contribution in [-0.4, -0.2) is 24.1 Å². The molecule has 0 aromatic heterocycles. The van der Waals surface area contributed by atoms with E-state index in [1.54, 1.807) is 0 Å². The van der Waals surface area contributed by atoms with Gasteiger partial charge in [0.1, 0.15) is 0 Å². The van der Waals surface area contributed by atoms with Gasteiger partial charge in [-0.15, -0.1) is 11.8 Å². The van der Waals surface area contributed by atoms with Crippen molar-refractivity contribution >= 4 is 23.5 Å². The Bertz CT molecular complexity index is 734. The summed E-state index contributed by atoms with van der Waals surface area (Å²) in [6.07, 6.45) is 10.6. The average Bonchev–Trinajstić information content (AvgIpc) is 3.11. The number of ether oxygens (including phenoxy) is 1. The van der Waals surface area contributed by atoms with Crippen LogP contribution in [0.15, 0.2) is 23.1 Å². The second kappa shape index (κ2) is 6.95. The highest BCUT2D eigenvalue weighted by molar-refractivity contribution is 8.00. The molecule has 4 heteroatoms. The van der Waals surface area contributed by atoms with E-state index in [0.29, 0.717) is 0 Å². The smallest absolute Gasteiger partial charge is 0.316 e. The zero-order valence-electron chi connectivity index (χ0n) is 15.9. The highest BCUT2D eigenvalue weighted by Crippen LogP contribution is 2.60. The minimum Gasteiger partial charge on any atom is -0.457 e. The molecule has 0 saturated heterocycles. The molecule has 27 heavy (non-hydrogen) atoms. The minimum atomic E-state index is -0.265. The second-order valence-corrected chi connectivity index (χ2v) is 10.4. The van der Waals surface area contributed by atoms with Gasteiger partial charge in [-0.1, -0.05) is 6.07 Å². The van der Waals surface area contributed by atoms with Gasteiger partial charge < -0.3 is 4.74 Å². The number of carbonyl (C=O) groups is 2. The zero-order valence-corrected chi connectivity index (χ0v) is 16.7. The number of rotatable bonds is 6. The quantitative estimate of drug-likeness (QED) is 0.531. The Labute approximate surface area is 165 Å². The van der Waals surface area contributed by atoms with Gasteiger partial charge >= 0.3 is 5.97 Å². The number of hydrogen-bond acceptors (Lipinski definition) is 4. The first kappa shape index (κ1) is 17.8. The number of ketones is 1. The molecule has 0 amide bonds. The lowest BCUT2D eigenvalue weighted by Gasteiger charge is -2.55. The maximum absolute atomic E-state index is 12.9. The summed E-state index contributed by atoms with van der Waals surface area (Å²) in [5.74, 6) is 2.44. The molecular formula is C23H28O3S. The van der Waals surface area contributed by atoms with Crippen molar-refractivity contribution in [3.63, 3.8) is 0 Å². The highest BCUT2D eigenvalue weighted by Gasteiger charge is 2.54. The van der Waals surface area contributed by atoms with Crippen LogP contribution in [0.3, 0.4) is 0 Å². The van der Waals surface area contributed by atoms with Crippen molar-refractivity contribution in [3.8, 4) is 0 Å². The largest absolute Gasteiger partial charge is 0.457 e. The molecule has 4 fully saturated rings. The van der Waals surface area contributed by atoms with E-state index in [4.69, 9.17) is 4.74 Å². The van der Waals surface area contributed by atoms with Crippen molar-refractivity contribution in [3.05, 3.63) is 29.3 Å². The van der Waals surface area contributed by atoms with Crippen molar-refractivity contribution in [2.75, 3.05) is 12.4 Å². The summed E-state index contributed by atoms with van der Waals surface area (Å²) in [7, 11) is 0. The number of benzene rings is 1. The molecule has 144 valence electrons. The molecule has 5 aliphatic rings. The Morgan fingerprint density at radius 1 is 1.00 bits per heavy atom. The molecule has 1 aromatic rings. The lowest BCUT2D eigenvalue weighted by atomic mass is 9.48. The van der Waals surface area contributed by atoms with Crippen LogP contribution in [-0.2, 0) is 27.2 Å². The van der Waals surface area contributed by atoms with Crippen LogP contribution in [0.4, 0.5) is 0 Å². The molecule has 3 nitrogen and oxygen atoms in total. The van der Waals surface area contributed by atoms with Crippen LogP contribution in [0.25, 0.3) is 0 Å². The maximum Gasteiger partial charge on any atom is 0.316 e. The van der Waals surface area contributed by atoms with E-state index in [9.17, 15) is 9.59 Å². The number of esters is 1. The third-order valence-corrected chi connectivity index (χ3v) is 8.39. The van der Waals surface area contributed by atoms with Gasteiger partial charge in [0.15, 0.2) is 12.4 Å². The monoisotopic (exact) mass is 384 g/mol. The Morgan fingerprint density at radius 2 is 1.67 bits per heavy atom. The maximum atomic E-state index is 12.9. The molecule has 5 aliphatic carbocycles. The summed E-state index contributed by atoms with van der Waals surface area (Å²) in [6, 6.07) is 6.50. The number of aryl methyl sites for hydroxylation is 2. The van der Waals surface area contributed by atoms with E-state index < -0.39 is 0 Å². The Hall–Kier alpha value is -1.29. The first-order valence-corrected chi connectivity index (χ1v) is 11.5. The molecule has 0 spiro atoms. The molecule has 0 heterocycles. The number of fused-ring (bicyclic) bond motifs is 1. The van der Waals surface area contributed by atoms with Gasteiger partial charge in [-0.25, -0.2) is 0 Å². The van der Waals surface area contributed by atoms with Crippen molar-refractivity contribution in [1.29, 1.82) is 0 Å². The van der Waals surface area contributed by atoms with E-state index in [1.807, 2.05) is 0 Å². The van der Waals surface area contributed by atoms with Gasteiger partial charge in [-0.05, 0) is 98.8 Å². The topological polar surface area (TPSA) is 43.4 Å². The van der Waals surface area contributed by atoms with Crippen molar-refractivity contribution < 1.29 is 14.3 Å². The third-order valence-electron chi connectivity index (χ3n) is 7.42. The molecule has 4 saturated carbocycles. The normalized spacial score (nSPS) is 33.1. The van der Waals surface area contributed by atoms with E-state index in [0.717, 1.165) is 48.3 Å².